The Balaban J connectivity index is 0.000000880. The van der Waals surface area contributed by atoms with Gasteiger partial charge in [-0.15, -0.1) is 0 Å². The molecule has 25 heavy (non-hydrogen) atoms. The van der Waals surface area contributed by atoms with Gasteiger partial charge in [-0.3, -0.25) is 0 Å². The van der Waals surface area contributed by atoms with Crippen molar-refractivity contribution in [3.05, 3.63) is 78.1 Å². The first-order valence-electron chi connectivity index (χ1n) is 8.60. The number of hydrogen-bond acceptors (Lipinski definition) is 1. The number of nitrogen functional groups attached to an aromatic ring is 1. The summed E-state index contributed by atoms with van der Waals surface area (Å²) < 4.78 is 13.4. The summed E-state index contributed by atoms with van der Waals surface area (Å²) in [7, 11) is 0. The van der Waals surface area contributed by atoms with E-state index in [0.29, 0.717) is 0 Å². The van der Waals surface area contributed by atoms with Crippen molar-refractivity contribution in [2.45, 2.75) is 20.8 Å². The summed E-state index contributed by atoms with van der Waals surface area (Å²) in [6.07, 6.45) is 0. The van der Waals surface area contributed by atoms with Crippen LogP contribution in [-0.2, 0) is 0 Å². The van der Waals surface area contributed by atoms with Crippen LogP contribution < -0.4 is 5.73 Å². The van der Waals surface area contributed by atoms with Crippen LogP contribution in [0.25, 0.3) is 32.7 Å². The Bertz CT molecular complexity index is 1050. The molecule has 0 saturated heterocycles. The third-order valence-electron chi connectivity index (χ3n) is 4.35. The SMILES string of the molecule is CC.Cc1cc2cc3cc(F)ccc3cc2cc1-c1ccccc1N. The van der Waals surface area contributed by atoms with E-state index in [0.717, 1.165) is 43.9 Å². The van der Waals surface area contributed by atoms with Gasteiger partial charge in [0, 0.05) is 11.3 Å². The lowest BCUT2D eigenvalue weighted by Crippen LogP contribution is -1.92. The Kier molecular flexibility index (Phi) is 4.71. The van der Waals surface area contributed by atoms with Gasteiger partial charge < -0.3 is 5.73 Å². The third kappa shape index (κ3) is 3.20. The average molecular weight is 331 g/mol. The number of para-hydroxylation sites is 1. The van der Waals surface area contributed by atoms with Crippen LogP contribution in [0, 0.1) is 12.7 Å². The first kappa shape index (κ1) is 17.0. The number of rotatable bonds is 1. The molecular weight excluding hydrogens is 309 g/mol. The van der Waals surface area contributed by atoms with Gasteiger partial charge >= 0.3 is 0 Å². The van der Waals surface area contributed by atoms with Gasteiger partial charge in [0.1, 0.15) is 5.82 Å². The van der Waals surface area contributed by atoms with Crippen LogP contribution in [-0.4, -0.2) is 0 Å². The van der Waals surface area contributed by atoms with Crippen molar-refractivity contribution >= 4 is 27.2 Å². The van der Waals surface area contributed by atoms with Crippen molar-refractivity contribution in [1.82, 2.24) is 0 Å². The molecule has 0 fully saturated rings. The van der Waals surface area contributed by atoms with Gasteiger partial charge in [-0.2, -0.15) is 0 Å². The zero-order valence-electron chi connectivity index (χ0n) is 14.8. The number of benzene rings is 4. The van der Waals surface area contributed by atoms with E-state index in [1.807, 2.05) is 50.2 Å². The monoisotopic (exact) mass is 331 g/mol. The zero-order chi connectivity index (χ0) is 18.0. The summed E-state index contributed by atoms with van der Waals surface area (Å²) in [5.74, 6) is -0.206. The Morgan fingerprint density at radius 1 is 0.680 bits per heavy atom. The predicted molar refractivity (Wildman–Crippen MR) is 107 cm³/mol. The fourth-order valence-electron chi connectivity index (χ4n) is 3.17. The van der Waals surface area contributed by atoms with Crippen LogP contribution in [0.15, 0.2) is 66.7 Å². The highest BCUT2D eigenvalue weighted by molar-refractivity contribution is 6.00. The van der Waals surface area contributed by atoms with Crippen molar-refractivity contribution in [1.29, 1.82) is 0 Å². The molecule has 4 aromatic rings. The van der Waals surface area contributed by atoms with Gasteiger partial charge in [0.2, 0.25) is 0 Å². The van der Waals surface area contributed by atoms with Gasteiger partial charge in [0.05, 0.1) is 0 Å². The average Bonchev–Trinajstić information content (AvgIpc) is 2.62. The lowest BCUT2D eigenvalue weighted by atomic mass is 9.94. The fraction of sp³-hybridized carbons (Fsp3) is 0.130. The second kappa shape index (κ2) is 6.94. The van der Waals surface area contributed by atoms with Gasteiger partial charge in [0.25, 0.3) is 0 Å². The van der Waals surface area contributed by atoms with Crippen LogP contribution >= 0.6 is 0 Å². The van der Waals surface area contributed by atoms with E-state index >= 15 is 0 Å². The predicted octanol–water partition coefficient (Wildman–Crippen LogP) is 6.72. The molecule has 0 saturated carbocycles. The van der Waals surface area contributed by atoms with E-state index < -0.39 is 0 Å². The van der Waals surface area contributed by atoms with E-state index in [4.69, 9.17) is 5.73 Å². The number of hydrogen-bond donors (Lipinski definition) is 1. The molecule has 2 heteroatoms. The largest absolute Gasteiger partial charge is 0.398 e. The van der Waals surface area contributed by atoms with Crippen LogP contribution in [0.4, 0.5) is 10.1 Å². The molecule has 2 N–H and O–H groups in total. The zero-order valence-corrected chi connectivity index (χ0v) is 14.8. The highest BCUT2D eigenvalue weighted by Crippen LogP contribution is 2.33. The molecule has 0 heterocycles. The third-order valence-corrected chi connectivity index (χ3v) is 4.35. The van der Waals surface area contributed by atoms with Crippen molar-refractivity contribution in [2.24, 2.45) is 0 Å². The first-order chi connectivity index (χ1) is 12.1. The standard InChI is InChI=1S/C21H16FN.C2H6/c1-13-8-15-10-16-11-18(22)7-6-14(16)9-17(15)12-20(13)19-4-2-3-5-21(19)23;1-2/h2-12H,23H2,1H3;1-2H3. The van der Waals surface area contributed by atoms with Crippen LogP contribution in [0.2, 0.25) is 0 Å². The summed E-state index contributed by atoms with van der Waals surface area (Å²) in [5, 5.41) is 4.20. The molecule has 0 aliphatic heterocycles. The number of aryl methyl sites for hydroxylation is 1. The van der Waals surface area contributed by atoms with Crippen molar-refractivity contribution in [3.63, 3.8) is 0 Å². The molecule has 0 bridgehead atoms. The topological polar surface area (TPSA) is 26.0 Å². The second-order valence-corrected chi connectivity index (χ2v) is 5.95. The van der Waals surface area contributed by atoms with Gasteiger partial charge in [-0.25, -0.2) is 4.39 Å². The smallest absolute Gasteiger partial charge is 0.123 e. The van der Waals surface area contributed by atoms with Crippen LogP contribution in [0.5, 0.6) is 0 Å². The van der Waals surface area contributed by atoms with E-state index in [1.165, 1.54) is 6.07 Å². The Morgan fingerprint density at radius 3 is 2.08 bits per heavy atom. The Morgan fingerprint density at radius 2 is 1.32 bits per heavy atom. The molecule has 0 atom stereocenters. The fourth-order valence-corrected chi connectivity index (χ4v) is 3.17. The van der Waals surface area contributed by atoms with Crippen LogP contribution in [0.1, 0.15) is 19.4 Å². The quantitative estimate of drug-likeness (QED) is 0.304. The van der Waals surface area contributed by atoms with Crippen LogP contribution in [0.3, 0.4) is 0 Å². The summed E-state index contributed by atoms with van der Waals surface area (Å²) in [6, 6.07) is 21.2. The molecule has 0 aromatic heterocycles. The van der Waals surface area contributed by atoms with Crippen molar-refractivity contribution < 1.29 is 4.39 Å². The minimum atomic E-state index is -0.206. The summed E-state index contributed by atoms with van der Waals surface area (Å²) in [5.41, 5.74) is 10.2. The molecule has 0 aliphatic rings. The van der Waals surface area contributed by atoms with Crippen molar-refractivity contribution in [2.75, 3.05) is 5.73 Å². The maximum Gasteiger partial charge on any atom is 0.123 e. The summed E-state index contributed by atoms with van der Waals surface area (Å²) in [4.78, 5) is 0. The van der Waals surface area contributed by atoms with E-state index in [2.05, 4.69) is 25.1 Å². The minimum Gasteiger partial charge on any atom is -0.398 e. The molecule has 0 amide bonds. The van der Waals surface area contributed by atoms with Gasteiger partial charge in [-0.1, -0.05) is 44.2 Å². The first-order valence-corrected chi connectivity index (χ1v) is 8.60. The molecular formula is C23H22FN. The molecule has 4 rings (SSSR count). The molecule has 0 spiro atoms. The maximum absolute atomic E-state index is 13.4. The molecule has 4 aromatic carbocycles. The molecule has 0 aliphatic carbocycles. The number of anilines is 1. The molecule has 0 radical (unpaired) electrons. The van der Waals surface area contributed by atoms with Crippen molar-refractivity contribution in [3.8, 4) is 11.1 Å². The number of fused-ring (bicyclic) bond motifs is 2. The highest BCUT2D eigenvalue weighted by Gasteiger charge is 2.08. The normalized spacial score (nSPS) is 10.6. The van der Waals surface area contributed by atoms with E-state index in [9.17, 15) is 4.39 Å². The summed E-state index contributed by atoms with van der Waals surface area (Å²) in [6.45, 7) is 6.08. The van der Waals surface area contributed by atoms with Gasteiger partial charge in [0.15, 0.2) is 0 Å². The number of nitrogens with two attached hydrogens (primary N) is 1. The highest BCUT2D eigenvalue weighted by atomic mass is 19.1. The van der Waals surface area contributed by atoms with Gasteiger partial charge in [-0.05, 0) is 76.0 Å². The molecule has 1 nitrogen and oxygen atoms in total. The molecule has 126 valence electrons. The number of halogens is 1. The van der Waals surface area contributed by atoms with E-state index in [1.54, 1.807) is 6.07 Å². The molecule has 0 unspecified atom stereocenters. The summed E-state index contributed by atoms with van der Waals surface area (Å²) >= 11 is 0. The maximum atomic E-state index is 13.4. The van der Waals surface area contributed by atoms with E-state index in [-0.39, 0.29) is 5.82 Å². The Hall–Kier alpha value is -2.87. The minimum absolute atomic E-state index is 0.206. The Labute approximate surface area is 147 Å². The lowest BCUT2D eigenvalue weighted by Gasteiger charge is -2.12. The second-order valence-electron chi connectivity index (χ2n) is 5.95. The lowest BCUT2D eigenvalue weighted by molar-refractivity contribution is 0.630.